The summed E-state index contributed by atoms with van der Waals surface area (Å²) in [6.45, 7) is 6.61. The van der Waals surface area contributed by atoms with Gasteiger partial charge in [-0.25, -0.2) is 4.39 Å². The van der Waals surface area contributed by atoms with E-state index in [9.17, 15) is 19.1 Å². The number of nitrogens with zero attached hydrogens (tertiary/aromatic N) is 1. The van der Waals surface area contributed by atoms with Crippen LogP contribution in [0.5, 0.6) is 5.75 Å². The Hall–Kier alpha value is -3.87. The molecule has 1 aromatic heterocycles. The Morgan fingerprint density at radius 3 is 2.34 bits per heavy atom. The second-order valence-corrected chi connectivity index (χ2v) is 9.05. The number of furan rings is 1. The van der Waals surface area contributed by atoms with Gasteiger partial charge in [0.15, 0.2) is 0 Å². The highest BCUT2D eigenvalue weighted by molar-refractivity contribution is 6.46. The monoisotopic (exact) mass is 477 g/mol. The maximum absolute atomic E-state index is 13.3. The van der Waals surface area contributed by atoms with Gasteiger partial charge in [-0.2, -0.15) is 0 Å². The molecular weight excluding hydrogens is 449 g/mol. The first-order valence-corrected chi connectivity index (χ1v) is 11.6. The molecule has 0 saturated carbocycles. The molecule has 1 unspecified atom stereocenters. The van der Waals surface area contributed by atoms with Gasteiger partial charge in [-0.3, -0.25) is 9.59 Å². The summed E-state index contributed by atoms with van der Waals surface area (Å²) in [6.07, 6.45) is 0.408. The molecule has 35 heavy (non-hydrogen) atoms. The number of carbonyl (C=O) groups excluding carboxylic acids is 2. The lowest BCUT2D eigenvalue weighted by Gasteiger charge is -2.23. The van der Waals surface area contributed by atoms with Crippen molar-refractivity contribution in [1.82, 2.24) is 4.90 Å². The van der Waals surface area contributed by atoms with Crippen molar-refractivity contribution in [3.05, 3.63) is 94.7 Å². The third-order valence-electron chi connectivity index (χ3n) is 5.84. The van der Waals surface area contributed by atoms with Gasteiger partial charge >= 0.3 is 0 Å². The first-order chi connectivity index (χ1) is 16.7. The number of amides is 1. The highest BCUT2D eigenvalue weighted by Gasteiger charge is 2.47. The molecule has 1 saturated heterocycles. The molecule has 3 aromatic rings. The molecule has 0 bridgehead atoms. The third kappa shape index (κ3) is 5.29. The first-order valence-electron chi connectivity index (χ1n) is 11.6. The molecule has 1 N–H and O–H groups in total. The summed E-state index contributed by atoms with van der Waals surface area (Å²) in [5.74, 6) is -0.0951. The number of hydrogen-bond donors (Lipinski definition) is 1. The van der Waals surface area contributed by atoms with Crippen molar-refractivity contribution in [2.75, 3.05) is 13.2 Å². The molecular formula is C28H28FNO5. The van der Waals surface area contributed by atoms with Crippen LogP contribution >= 0.6 is 0 Å². The fourth-order valence-electron chi connectivity index (χ4n) is 4.03. The minimum atomic E-state index is -0.874. The van der Waals surface area contributed by atoms with E-state index >= 15 is 0 Å². The van der Waals surface area contributed by atoms with Crippen LogP contribution < -0.4 is 4.74 Å². The Kier molecular flexibility index (Phi) is 7.05. The molecule has 0 radical (unpaired) electrons. The largest absolute Gasteiger partial charge is 0.507 e. The molecule has 2 aromatic carbocycles. The molecule has 1 amide bonds. The Morgan fingerprint density at radius 2 is 1.74 bits per heavy atom. The smallest absolute Gasteiger partial charge is 0.295 e. The van der Waals surface area contributed by atoms with Gasteiger partial charge in [-0.1, -0.05) is 26.0 Å². The minimum Gasteiger partial charge on any atom is -0.507 e. The SMILES string of the molecule is Cc1ccc(C2/C(=C(/O)c3ccc(OCC(C)C)cc3)C(=O)C(=O)N2CCc2ccc(F)cc2)o1. The highest BCUT2D eigenvalue weighted by atomic mass is 19.1. The Balaban J connectivity index is 1.67. The van der Waals surface area contributed by atoms with Gasteiger partial charge in [0.25, 0.3) is 11.7 Å². The topological polar surface area (TPSA) is 80.0 Å². The van der Waals surface area contributed by atoms with Crippen molar-refractivity contribution in [1.29, 1.82) is 0 Å². The number of likely N-dealkylation sites (tertiary alicyclic amines) is 1. The first kappa shape index (κ1) is 24.3. The van der Waals surface area contributed by atoms with Crippen molar-refractivity contribution < 1.29 is 28.2 Å². The zero-order valence-corrected chi connectivity index (χ0v) is 20.0. The van der Waals surface area contributed by atoms with Gasteiger partial charge in [0.2, 0.25) is 0 Å². The minimum absolute atomic E-state index is 0.0284. The van der Waals surface area contributed by atoms with Crippen LogP contribution in [0.15, 0.2) is 70.7 Å². The maximum Gasteiger partial charge on any atom is 0.295 e. The third-order valence-corrected chi connectivity index (χ3v) is 5.84. The number of ketones is 1. The van der Waals surface area contributed by atoms with Crippen molar-refractivity contribution in [2.45, 2.75) is 33.2 Å². The van der Waals surface area contributed by atoms with Gasteiger partial charge in [0, 0.05) is 12.1 Å². The van der Waals surface area contributed by atoms with Gasteiger partial charge in [-0.15, -0.1) is 0 Å². The summed E-state index contributed by atoms with van der Waals surface area (Å²) in [5, 5.41) is 11.1. The van der Waals surface area contributed by atoms with Crippen molar-refractivity contribution in [3.8, 4) is 5.75 Å². The highest BCUT2D eigenvalue weighted by Crippen LogP contribution is 2.40. The summed E-state index contributed by atoms with van der Waals surface area (Å²) in [6, 6.07) is 15.3. The van der Waals surface area contributed by atoms with Crippen molar-refractivity contribution in [2.24, 2.45) is 5.92 Å². The molecule has 1 aliphatic heterocycles. The normalized spacial score (nSPS) is 17.4. The molecule has 0 aliphatic carbocycles. The van der Waals surface area contributed by atoms with Crippen LogP contribution in [0.3, 0.4) is 0 Å². The van der Waals surface area contributed by atoms with Crippen LogP contribution in [0.1, 0.15) is 42.5 Å². The Morgan fingerprint density at radius 1 is 1.06 bits per heavy atom. The van der Waals surface area contributed by atoms with E-state index in [1.807, 2.05) is 13.8 Å². The van der Waals surface area contributed by atoms with E-state index in [-0.39, 0.29) is 23.7 Å². The fourth-order valence-corrected chi connectivity index (χ4v) is 4.03. The molecule has 182 valence electrons. The predicted molar refractivity (Wildman–Crippen MR) is 129 cm³/mol. The zero-order chi connectivity index (χ0) is 25.1. The van der Waals surface area contributed by atoms with Crippen LogP contribution in [-0.4, -0.2) is 34.8 Å². The molecule has 4 rings (SSSR count). The molecule has 1 fully saturated rings. The number of aliphatic hydroxyl groups excluding tert-OH is 1. The van der Waals surface area contributed by atoms with Crippen LogP contribution in [0.4, 0.5) is 4.39 Å². The zero-order valence-electron chi connectivity index (χ0n) is 20.0. The summed E-state index contributed by atoms with van der Waals surface area (Å²) in [7, 11) is 0. The lowest BCUT2D eigenvalue weighted by atomic mass is 9.99. The summed E-state index contributed by atoms with van der Waals surface area (Å²) >= 11 is 0. The van der Waals surface area contributed by atoms with Crippen molar-refractivity contribution >= 4 is 17.4 Å². The molecule has 1 atom stereocenters. The van der Waals surface area contributed by atoms with Crippen LogP contribution in [0.2, 0.25) is 0 Å². The number of aryl methyl sites for hydroxylation is 1. The van der Waals surface area contributed by atoms with Gasteiger partial charge in [0.05, 0.1) is 12.2 Å². The van der Waals surface area contributed by atoms with E-state index in [0.29, 0.717) is 41.8 Å². The molecule has 7 heteroatoms. The number of Topliss-reactive ketones (excluding diaryl/α,β-unsaturated/α-hetero) is 1. The number of benzene rings is 2. The predicted octanol–water partition coefficient (Wildman–Crippen LogP) is 5.43. The van der Waals surface area contributed by atoms with Crippen molar-refractivity contribution in [3.63, 3.8) is 0 Å². The molecule has 0 spiro atoms. The average molecular weight is 478 g/mol. The second kappa shape index (κ2) is 10.2. The van der Waals surface area contributed by atoms with E-state index in [0.717, 1.165) is 5.56 Å². The van der Waals surface area contributed by atoms with E-state index in [2.05, 4.69) is 0 Å². The van der Waals surface area contributed by atoms with Gasteiger partial charge < -0.3 is 19.2 Å². The fraction of sp³-hybridized carbons (Fsp3) is 0.286. The van der Waals surface area contributed by atoms with E-state index in [1.165, 1.54) is 17.0 Å². The molecule has 6 nitrogen and oxygen atoms in total. The number of hydrogen-bond acceptors (Lipinski definition) is 5. The Bertz CT molecular complexity index is 1240. The van der Waals surface area contributed by atoms with E-state index < -0.39 is 17.7 Å². The standard InChI is InChI=1S/C28H28FNO5/c1-17(2)16-34-22-11-7-20(8-12-22)26(31)24-25(23-13-4-18(3)35-23)30(28(33)27(24)32)15-14-19-5-9-21(29)10-6-19/h4-13,17,25,31H,14-16H2,1-3H3/b26-24-. The molecule has 2 heterocycles. The quantitative estimate of drug-likeness (QED) is 0.266. The second-order valence-electron chi connectivity index (χ2n) is 9.05. The summed E-state index contributed by atoms with van der Waals surface area (Å²) in [4.78, 5) is 27.5. The Labute approximate surface area is 203 Å². The van der Waals surface area contributed by atoms with E-state index in [1.54, 1.807) is 55.5 Å². The number of aliphatic hydroxyl groups is 1. The average Bonchev–Trinajstić information content (AvgIpc) is 3.38. The lowest BCUT2D eigenvalue weighted by Crippen LogP contribution is -2.31. The lowest BCUT2D eigenvalue weighted by molar-refractivity contribution is -0.140. The van der Waals surface area contributed by atoms with Gasteiger partial charge in [-0.05, 0) is 73.4 Å². The van der Waals surface area contributed by atoms with Crippen LogP contribution in [0.25, 0.3) is 5.76 Å². The number of halogens is 1. The number of carbonyl (C=O) groups is 2. The number of rotatable bonds is 8. The van der Waals surface area contributed by atoms with Crippen LogP contribution in [0, 0.1) is 18.7 Å². The summed E-state index contributed by atoms with van der Waals surface area (Å²) < 4.78 is 24.8. The summed E-state index contributed by atoms with van der Waals surface area (Å²) in [5.41, 5.74) is 1.19. The van der Waals surface area contributed by atoms with Gasteiger partial charge in [0.1, 0.15) is 34.9 Å². The van der Waals surface area contributed by atoms with Crippen LogP contribution in [-0.2, 0) is 16.0 Å². The molecule has 1 aliphatic rings. The van der Waals surface area contributed by atoms with E-state index in [4.69, 9.17) is 9.15 Å². The number of ether oxygens (including phenoxy) is 1. The maximum atomic E-state index is 13.3.